The fourth-order valence-corrected chi connectivity index (χ4v) is 3.24. The molecule has 1 N–H and O–H groups in total. The van der Waals surface area contributed by atoms with E-state index in [0.717, 1.165) is 35.4 Å². The molecule has 1 aliphatic rings. The maximum Gasteiger partial charge on any atom is 0.123 e. The lowest BCUT2D eigenvalue weighted by Crippen LogP contribution is -1.99. The average molecular weight is 299 g/mol. The van der Waals surface area contributed by atoms with Gasteiger partial charge in [-0.25, -0.2) is 0 Å². The number of thioether (sulfide) groups is 1. The van der Waals surface area contributed by atoms with E-state index in [9.17, 15) is 0 Å². The lowest BCUT2D eigenvalue weighted by atomic mass is 10.3. The van der Waals surface area contributed by atoms with Crippen molar-refractivity contribution in [3.8, 4) is 0 Å². The number of para-hydroxylation sites is 1. The molecule has 0 aliphatic heterocycles. The molecule has 1 aromatic carbocycles. The lowest BCUT2D eigenvalue weighted by Gasteiger charge is -2.09. The number of benzene rings is 1. The van der Waals surface area contributed by atoms with Crippen molar-refractivity contribution in [2.45, 2.75) is 30.7 Å². The summed E-state index contributed by atoms with van der Waals surface area (Å²) in [7, 11) is 0. The monoisotopic (exact) mass is 299 g/mol. The van der Waals surface area contributed by atoms with Gasteiger partial charge in [0.1, 0.15) is 11.5 Å². The minimum atomic E-state index is 0.647. The largest absolute Gasteiger partial charge is 0.464 e. The predicted molar refractivity (Wildman–Crippen MR) is 89.9 cm³/mol. The first-order chi connectivity index (χ1) is 10.3. The second kappa shape index (κ2) is 6.44. The molecule has 0 radical (unpaired) electrons. The fraction of sp³-hybridized carbons (Fsp3) is 0.333. The van der Waals surface area contributed by atoms with Gasteiger partial charge in [0.15, 0.2) is 0 Å². The molecule has 110 valence electrons. The molecular weight excluding hydrogens is 278 g/mol. The highest BCUT2D eigenvalue weighted by molar-refractivity contribution is 7.99. The Balaban J connectivity index is 1.62. The van der Waals surface area contributed by atoms with E-state index in [2.05, 4.69) is 55.2 Å². The molecule has 2 unspecified atom stereocenters. The molecule has 2 nitrogen and oxygen atoms in total. The van der Waals surface area contributed by atoms with Crippen molar-refractivity contribution in [2.24, 2.45) is 5.92 Å². The van der Waals surface area contributed by atoms with Gasteiger partial charge in [0.2, 0.25) is 0 Å². The van der Waals surface area contributed by atoms with Crippen molar-refractivity contribution < 1.29 is 4.42 Å². The van der Waals surface area contributed by atoms with E-state index in [1.54, 1.807) is 11.8 Å². The van der Waals surface area contributed by atoms with E-state index in [1.807, 2.05) is 6.08 Å². The number of nitrogens with one attached hydrogen (secondary N) is 1. The van der Waals surface area contributed by atoms with Crippen molar-refractivity contribution in [3.63, 3.8) is 0 Å². The number of anilines is 1. The minimum Gasteiger partial charge on any atom is -0.464 e. The van der Waals surface area contributed by atoms with E-state index < -0.39 is 0 Å². The Hall–Kier alpha value is -1.61. The van der Waals surface area contributed by atoms with Crippen LogP contribution in [0.15, 0.2) is 58.4 Å². The summed E-state index contributed by atoms with van der Waals surface area (Å²) < 4.78 is 5.94. The van der Waals surface area contributed by atoms with Crippen LogP contribution in [-0.4, -0.2) is 5.75 Å². The Labute approximate surface area is 130 Å². The molecule has 0 amide bonds. The molecule has 3 heteroatoms. The van der Waals surface area contributed by atoms with Crippen molar-refractivity contribution in [2.75, 3.05) is 11.1 Å². The summed E-state index contributed by atoms with van der Waals surface area (Å²) in [5.41, 5.74) is 1.15. The molecule has 0 spiro atoms. The summed E-state index contributed by atoms with van der Waals surface area (Å²) in [6.45, 7) is 6.78. The van der Waals surface area contributed by atoms with Crippen LogP contribution in [0, 0.1) is 5.92 Å². The average Bonchev–Trinajstić information content (AvgIpc) is 3.05. The lowest BCUT2D eigenvalue weighted by molar-refractivity contribution is 0.468. The molecule has 21 heavy (non-hydrogen) atoms. The normalized spacial score (nSPS) is 20.2. The fourth-order valence-electron chi connectivity index (χ4n) is 2.48. The second-order valence-corrected chi connectivity index (χ2v) is 6.63. The van der Waals surface area contributed by atoms with E-state index in [0.29, 0.717) is 5.92 Å². The van der Waals surface area contributed by atoms with Gasteiger partial charge in [0.25, 0.3) is 0 Å². The first-order valence-corrected chi connectivity index (χ1v) is 8.41. The van der Waals surface area contributed by atoms with Crippen LogP contribution in [0.3, 0.4) is 0 Å². The maximum atomic E-state index is 5.94. The maximum absolute atomic E-state index is 5.94. The van der Waals surface area contributed by atoms with Crippen molar-refractivity contribution in [1.82, 2.24) is 0 Å². The Morgan fingerprint density at radius 2 is 2.14 bits per heavy atom. The van der Waals surface area contributed by atoms with E-state index >= 15 is 0 Å². The van der Waals surface area contributed by atoms with Crippen LogP contribution in [0.1, 0.15) is 30.8 Å². The molecule has 1 saturated carbocycles. The molecule has 3 rings (SSSR count). The van der Waals surface area contributed by atoms with Gasteiger partial charge < -0.3 is 9.73 Å². The molecular formula is C18H21NOS. The van der Waals surface area contributed by atoms with Crippen LogP contribution < -0.4 is 5.32 Å². The summed E-state index contributed by atoms with van der Waals surface area (Å²) in [6.07, 6.45) is 3.19. The molecule has 1 heterocycles. The number of furan rings is 1. The van der Waals surface area contributed by atoms with Crippen LogP contribution in [0.25, 0.3) is 0 Å². The summed E-state index contributed by atoms with van der Waals surface area (Å²) in [5.74, 6) is 4.51. The SMILES string of the molecule is C=CCSc1ccccc1NCc1ccc(C2CC2C)o1. The highest BCUT2D eigenvalue weighted by atomic mass is 32.2. The first-order valence-electron chi connectivity index (χ1n) is 7.43. The Morgan fingerprint density at radius 1 is 1.33 bits per heavy atom. The van der Waals surface area contributed by atoms with Gasteiger partial charge in [0, 0.05) is 22.3 Å². The molecule has 2 aromatic rings. The number of hydrogen-bond donors (Lipinski definition) is 1. The van der Waals surface area contributed by atoms with Gasteiger partial charge in [-0.3, -0.25) is 0 Å². The zero-order valence-electron chi connectivity index (χ0n) is 12.3. The quantitative estimate of drug-likeness (QED) is 0.555. The third-order valence-corrected chi connectivity index (χ3v) is 4.92. The number of rotatable bonds is 7. The van der Waals surface area contributed by atoms with Crippen LogP contribution in [0.5, 0.6) is 0 Å². The van der Waals surface area contributed by atoms with Gasteiger partial charge in [-0.1, -0.05) is 25.1 Å². The topological polar surface area (TPSA) is 25.2 Å². The summed E-state index contributed by atoms with van der Waals surface area (Å²) in [5, 5.41) is 3.47. The molecule has 2 atom stereocenters. The van der Waals surface area contributed by atoms with Crippen molar-refractivity contribution >= 4 is 17.4 Å². The standard InChI is InChI=1S/C18H21NOS/c1-3-10-21-18-7-5-4-6-16(18)19-12-14-8-9-17(20-14)15-11-13(15)2/h3-9,13,15,19H,1,10-12H2,2H3. The van der Waals surface area contributed by atoms with Crippen molar-refractivity contribution in [3.05, 3.63) is 60.6 Å². The predicted octanol–water partition coefficient (Wildman–Crippen LogP) is 5.29. The third-order valence-electron chi connectivity index (χ3n) is 3.85. The first kappa shape index (κ1) is 14.3. The summed E-state index contributed by atoms with van der Waals surface area (Å²) in [4.78, 5) is 1.25. The smallest absolute Gasteiger partial charge is 0.123 e. The minimum absolute atomic E-state index is 0.647. The van der Waals surface area contributed by atoms with Gasteiger partial charge >= 0.3 is 0 Å². The van der Waals surface area contributed by atoms with E-state index in [-0.39, 0.29) is 0 Å². The van der Waals surface area contributed by atoms with Gasteiger partial charge in [0.05, 0.1) is 6.54 Å². The van der Waals surface area contributed by atoms with Crippen LogP contribution in [0.4, 0.5) is 5.69 Å². The summed E-state index contributed by atoms with van der Waals surface area (Å²) >= 11 is 1.79. The highest BCUT2D eigenvalue weighted by Crippen LogP contribution is 2.47. The van der Waals surface area contributed by atoms with Gasteiger partial charge in [-0.05, 0) is 36.6 Å². The molecule has 1 aliphatic carbocycles. The molecule has 1 fully saturated rings. The zero-order chi connectivity index (χ0) is 14.7. The number of hydrogen-bond acceptors (Lipinski definition) is 3. The highest BCUT2D eigenvalue weighted by Gasteiger charge is 2.36. The van der Waals surface area contributed by atoms with Crippen LogP contribution in [-0.2, 0) is 6.54 Å². The Bertz CT molecular complexity index is 619. The Morgan fingerprint density at radius 3 is 2.90 bits per heavy atom. The second-order valence-electron chi connectivity index (χ2n) is 5.57. The zero-order valence-corrected chi connectivity index (χ0v) is 13.2. The van der Waals surface area contributed by atoms with Gasteiger partial charge in [-0.2, -0.15) is 0 Å². The third kappa shape index (κ3) is 3.53. The van der Waals surface area contributed by atoms with E-state index in [1.165, 1.54) is 11.3 Å². The van der Waals surface area contributed by atoms with Crippen LogP contribution >= 0.6 is 11.8 Å². The van der Waals surface area contributed by atoms with Crippen molar-refractivity contribution in [1.29, 1.82) is 0 Å². The van der Waals surface area contributed by atoms with E-state index in [4.69, 9.17) is 4.42 Å². The van der Waals surface area contributed by atoms with Crippen LogP contribution in [0.2, 0.25) is 0 Å². The Kier molecular flexibility index (Phi) is 4.39. The molecule has 1 aromatic heterocycles. The van der Waals surface area contributed by atoms with Gasteiger partial charge in [-0.15, -0.1) is 18.3 Å². The summed E-state index contributed by atoms with van der Waals surface area (Å²) in [6, 6.07) is 12.6. The molecule has 0 bridgehead atoms. The molecule has 0 saturated heterocycles.